The summed E-state index contributed by atoms with van der Waals surface area (Å²) in [6.07, 6.45) is 7.09. The zero-order chi connectivity index (χ0) is 15.8. The molecule has 2 heterocycles. The monoisotopic (exact) mass is 326 g/mol. The topological polar surface area (TPSA) is 89.1 Å². The molecule has 4 aliphatic rings. The molecule has 7 atom stereocenters. The van der Waals surface area contributed by atoms with Crippen molar-refractivity contribution < 1.29 is 24.2 Å². The van der Waals surface area contributed by atoms with E-state index in [9.17, 15) is 9.90 Å². The van der Waals surface area contributed by atoms with E-state index in [-0.39, 0.29) is 30.5 Å². The Balaban J connectivity index is 1.31. The largest absolute Gasteiger partial charge is 0.481 e. The highest BCUT2D eigenvalue weighted by atomic mass is 16.7. The highest BCUT2D eigenvalue weighted by molar-refractivity contribution is 5.70. The predicted octanol–water partition coefficient (Wildman–Crippen LogP) is 1.20. The molecule has 0 aromatic rings. The lowest BCUT2D eigenvalue weighted by Crippen LogP contribution is -2.46. The fraction of sp³-hybridized carbons (Fsp3) is 0.938. The molecule has 2 saturated carbocycles. The number of hydroxylamine groups is 1. The molecule has 0 spiro atoms. The van der Waals surface area contributed by atoms with Gasteiger partial charge in [0.05, 0.1) is 24.3 Å². The first-order chi connectivity index (χ1) is 11.2. The van der Waals surface area contributed by atoms with Crippen molar-refractivity contribution in [2.45, 2.75) is 69.5 Å². The maximum absolute atomic E-state index is 11.2. The Morgan fingerprint density at radius 2 is 1.87 bits per heavy atom. The van der Waals surface area contributed by atoms with E-state index < -0.39 is 5.97 Å². The fourth-order valence-corrected chi connectivity index (χ4v) is 4.60. The minimum atomic E-state index is -0.665. The van der Waals surface area contributed by atoms with Crippen LogP contribution in [-0.2, 0) is 19.1 Å². The molecule has 4 fully saturated rings. The maximum atomic E-state index is 11.2. The molecule has 0 amide bonds. The summed E-state index contributed by atoms with van der Waals surface area (Å²) in [5.74, 6) is -0.149. The summed E-state index contributed by atoms with van der Waals surface area (Å²) < 4.78 is 11.2. The summed E-state index contributed by atoms with van der Waals surface area (Å²) in [7, 11) is 0. The van der Waals surface area contributed by atoms with Gasteiger partial charge in [-0.1, -0.05) is 6.42 Å². The zero-order valence-corrected chi connectivity index (χ0v) is 13.3. The van der Waals surface area contributed by atoms with E-state index >= 15 is 0 Å². The van der Waals surface area contributed by atoms with E-state index in [4.69, 9.17) is 14.3 Å². The fourth-order valence-electron chi connectivity index (χ4n) is 4.60. The molecule has 7 nitrogen and oxygen atoms in total. The first-order valence-corrected chi connectivity index (χ1v) is 8.84. The van der Waals surface area contributed by atoms with Gasteiger partial charge in [0.15, 0.2) is 0 Å². The number of carbonyl (C=O) groups is 1. The Morgan fingerprint density at radius 3 is 2.74 bits per heavy atom. The Hall–Kier alpha value is -0.730. The van der Waals surface area contributed by atoms with Crippen LogP contribution < -0.4 is 10.8 Å². The summed E-state index contributed by atoms with van der Waals surface area (Å²) in [6, 6.07) is 0. The number of fused-ring (bicyclic) bond motifs is 1. The van der Waals surface area contributed by atoms with Crippen LogP contribution in [0.25, 0.3) is 0 Å². The molecule has 7 heteroatoms. The van der Waals surface area contributed by atoms with Gasteiger partial charge in [-0.3, -0.25) is 14.9 Å². The lowest BCUT2D eigenvalue weighted by Gasteiger charge is -2.33. The molecule has 23 heavy (non-hydrogen) atoms. The number of carboxylic acids is 1. The van der Waals surface area contributed by atoms with Crippen molar-refractivity contribution >= 4 is 5.97 Å². The molecule has 2 aliphatic carbocycles. The normalized spacial score (nSPS) is 47.4. The SMILES string of the molecule is O=C(O)C1CCCC(C2NOC(C3CCC4OCOC4C3)N2)C1. The van der Waals surface area contributed by atoms with E-state index in [0.717, 1.165) is 44.9 Å². The van der Waals surface area contributed by atoms with Crippen LogP contribution in [0.1, 0.15) is 44.9 Å². The summed E-state index contributed by atoms with van der Waals surface area (Å²) in [5.41, 5.74) is 3.12. The molecule has 130 valence electrons. The van der Waals surface area contributed by atoms with Gasteiger partial charge in [0.1, 0.15) is 13.0 Å². The van der Waals surface area contributed by atoms with Crippen LogP contribution in [0.15, 0.2) is 0 Å². The maximum Gasteiger partial charge on any atom is 0.306 e. The van der Waals surface area contributed by atoms with Crippen LogP contribution in [0.4, 0.5) is 0 Å². The summed E-state index contributed by atoms with van der Waals surface area (Å²) in [5, 5.41) is 12.8. The second-order valence-corrected chi connectivity index (χ2v) is 7.36. The van der Waals surface area contributed by atoms with Gasteiger partial charge >= 0.3 is 5.97 Å². The molecule has 2 saturated heterocycles. The van der Waals surface area contributed by atoms with Gasteiger partial charge in [-0.2, -0.15) is 5.48 Å². The highest BCUT2D eigenvalue weighted by Gasteiger charge is 2.43. The number of ether oxygens (including phenoxy) is 2. The van der Waals surface area contributed by atoms with E-state index in [1.807, 2.05) is 0 Å². The van der Waals surface area contributed by atoms with E-state index in [1.165, 1.54) is 0 Å². The van der Waals surface area contributed by atoms with Crippen molar-refractivity contribution in [1.29, 1.82) is 0 Å². The molecule has 3 N–H and O–H groups in total. The van der Waals surface area contributed by atoms with Crippen molar-refractivity contribution in [3.8, 4) is 0 Å². The van der Waals surface area contributed by atoms with Gasteiger partial charge in [0.25, 0.3) is 0 Å². The number of carboxylic acid groups (broad SMARTS) is 1. The van der Waals surface area contributed by atoms with E-state index in [2.05, 4.69) is 10.8 Å². The van der Waals surface area contributed by atoms with Crippen LogP contribution in [-0.4, -0.2) is 42.5 Å². The van der Waals surface area contributed by atoms with Gasteiger partial charge in [-0.05, 0) is 44.4 Å². The third-order valence-electron chi connectivity index (χ3n) is 5.97. The van der Waals surface area contributed by atoms with Gasteiger partial charge in [0, 0.05) is 5.92 Å². The summed E-state index contributed by atoms with van der Waals surface area (Å²) in [6.45, 7) is 0.417. The molecule has 2 aliphatic heterocycles. The average molecular weight is 326 g/mol. The molecular formula is C16H26N2O5. The quantitative estimate of drug-likeness (QED) is 0.718. The third kappa shape index (κ3) is 3.25. The zero-order valence-electron chi connectivity index (χ0n) is 13.3. The molecule has 0 radical (unpaired) electrons. The lowest BCUT2D eigenvalue weighted by molar-refractivity contribution is -0.143. The standard InChI is InChI=1S/C16H26N2O5/c19-16(20)11-3-1-2-9(6-11)14-17-15(23-18-14)10-4-5-12-13(7-10)22-8-21-12/h9-15,17-18H,1-8H2,(H,19,20). The number of rotatable bonds is 3. The Bertz CT molecular complexity index is 448. The van der Waals surface area contributed by atoms with Crippen LogP contribution >= 0.6 is 0 Å². The van der Waals surface area contributed by atoms with Crippen LogP contribution in [0.3, 0.4) is 0 Å². The number of hydrogen-bond acceptors (Lipinski definition) is 6. The van der Waals surface area contributed by atoms with Crippen molar-refractivity contribution in [2.75, 3.05) is 6.79 Å². The van der Waals surface area contributed by atoms with E-state index in [0.29, 0.717) is 18.6 Å². The van der Waals surface area contributed by atoms with Gasteiger partial charge in [0.2, 0.25) is 0 Å². The summed E-state index contributed by atoms with van der Waals surface area (Å²) >= 11 is 0. The first kappa shape index (κ1) is 15.8. The number of hydrogen-bond donors (Lipinski definition) is 3. The molecule has 7 unspecified atom stereocenters. The second kappa shape index (κ2) is 6.64. The van der Waals surface area contributed by atoms with Gasteiger partial charge in [-0.15, -0.1) is 0 Å². The van der Waals surface area contributed by atoms with Crippen molar-refractivity contribution in [3.63, 3.8) is 0 Å². The van der Waals surface area contributed by atoms with Crippen molar-refractivity contribution in [3.05, 3.63) is 0 Å². The van der Waals surface area contributed by atoms with Crippen molar-refractivity contribution in [1.82, 2.24) is 10.8 Å². The number of aliphatic carboxylic acids is 1. The van der Waals surface area contributed by atoms with Crippen molar-refractivity contribution in [2.24, 2.45) is 17.8 Å². The predicted molar refractivity (Wildman–Crippen MR) is 80.0 cm³/mol. The number of nitrogens with one attached hydrogen (secondary N) is 2. The van der Waals surface area contributed by atoms with E-state index in [1.54, 1.807) is 0 Å². The molecule has 0 aromatic heterocycles. The average Bonchev–Trinajstić information content (AvgIpc) is 3.23. The third-order valence-corrected chi connectivity index (χ3v) is 5.97. The Kier molecular flexibility index (Phi) is 4.56. The minimum absolute atomic E-state index is 0.0182. The lowest BCUT2D eigenvalue weighted by atomic mass is 9.79. The van der Waals surface area contributed by atoms with Crippen LogP contribution in [0, 0.1) is 17.8 Å². The minimum Gasteiger partial charge on any atom is -0.481 e. The summed E-state index contributed by atoms with van der Waals surface area (Å²) in [4.78, 5) is 17.0. The van der Waals surface area contributed by atoms with Crippen LogP contribution in [0.2, 0.25) is 0 Å². The molecule has 4 rings (SSSR count). The smallest absolute Gasteiger partial charge is 0.306 e. The highest BCUT2D eigenvalue weighted by Crippen LogP contribution is 2.37. The second-order valence-electron chi connectivity index (χ2n) is 7.36. The molecule has 0 aromatic carbocycles. The molecular weight excluding hydrogens is 300 g/mol. The molecule has 0 bridgehead atoms. The Morgan fingerprint density at radius 1 is 1.00 bits per heavy atom. The van der Waals surface area contributed by atoms with Gasteiger partial charge in [-0.25, -0.2) is 0 Å². The first-order valence-electron chi connectivity index (χ1n) is 8.84. The van der Waals surface area contributed by atoms with Crippen LogP contribution in [0.5, 0.6) is 0 Å². The van der Waals surface area contributed by atoms with Gasteiger partial charge < -0.3 is 14.6 Å². The Labute approximate surface area is 136 Å².